The van der Waals surface area contributed by atoms with Crippen molar-refractivity contribution < 1.29 is 32.4 Å². The summed E-state index contributed by atoms with van der Waals surface area (Å²) in [6, 6.07) is 11.9. The molecule has 1 fully saturated rings. The van der Waals surface area contributed by atoms with E-state index in [0.717, 1.165) is 56.3 Å². The quantitative estimate of drug-likeness (QED) is 0.448. The second-order valence-corrected chi connectivity index (χ2v) is 9.49. The molecule has 0 aromatic heterocycles. The Kier molecular flexibility index (Phi) is 8.15. The van der Waals surface area contributed by atoms with Crippen LogP contribution in [0.1, 0.15) is 17.5 Å². The van der Waals surface area contributed by atoms with Crippen molar-refractivity contribution in [3.05, 3.63) is 64.6 Å². The molecule has 35 heavy (non-hydrogen) atoms. The summed E-state index contributed by atoms with van der Waals surface area (Å²) in [6.45, 7) is 4.81. The van der Waals surface area contributed by atoms with Gasteiger partial charge in [-0.2, -0.15) is 13.2 Å². The molecule has 4 rings (SSSR count). The molecular weight excluding hydrogens is 479 g/mol. The van der Waals surface area contributed by atoms with Crippen molar-refractivity contribution in [2.75, 3.05) is 50.8 Å². The highest BCUT2D eigenvalue weighted by atomic mass is 32.2. The van der Waals surface area contributed by atoms with Crippen LogP contribution in [0.25, 0.3) is 6.08 Å². The zero-order valence-corrected chi connectivity index (χ0v) is 19.9. The first kappa shape index (κ1) is 25.3. The van der Waals surface area contributed by atoms with E-state index in [0.29, 0.717) is 22.7 Å². The van der Waals surface area contributed by atoms with Crippen molar-refractivity contribution in [2.24, 2.45) is 0 Å². The summed E-state index contributed by atoms with van der Waals surface area (Å²) >= 11 is 1.24. The lowest BCUT2D eigenvalue weighted by Gasteiger charge is -2.30. The highest BCUT2D eigenvalue weighted by molar-refractivity contribution is 8.04. The van der Waals surface area contributed by atoms with E-state index in [-0.39, 0.29) is 18.4 Å². The Labute approximate surface area is 206 Å². The Bertz CT molecular complexity index is 1080. The SMILES string of the molecule is O=C(CN1C(=O)C(=Cc2ccc(C(F)(F)F)cc2)Sc2ccccc21)NCCC[NH+]1CCOCC1. The predicted octanol–water partition coefficient (Wildman–Crippen LogP) is 2.61. The zero-order chi connectivity index (χ0) is 24.8. The van der Waals surface area contributed by atoms with Crippen LogP contribution in [-0.4, -0.2) is 57.8 Å². The fourth-order valence-electron chi connectivity index (χ4n) is 4.01. The Morgan fingerprint density at radius 2 is 1.83 bits per heavy atom. The average molecular weight is 507 g/mol. The van der Waals surface area contributed by atoms with E-state index < -0.39 is 11.7 Å². The number of anilines is 1. The molecule has 2 aliphatic heterocycles. The number of thioether (sulfide) groups is 1. The Morgan fingerprint density at radius 3 is 2.54 bits per heavy atom. The molecule has 0 radical (unpaired) electrons. The third kappa shape index (κ3) is 6.65. The fraction of sp³-hybridized carbons (Fsp3) is 0.360. The minimum Gasteiger partial charge on any atom is -0.370 e. The Morgan fingerprint density at radius 1 is 1.11 bits per heavy atom. The van der Waals surface area contributed by atoms with E-state index in [1.807, 2.05) is 12.1 Å². The molecule has 0 spiro atoms. The first-order valence-corrected chi connectivity index (χ1v) is 12.3. The van der Waals surface area contributed by atoms with Crippen LogP contribution in [-0.2, 0) is 20.5 Å². The average Bonchev–Trinajstić information content (AvgIpc) is 2.85. The maximum Gasteiger partial charge on any atom is 0.416 e. The molecule has 1 saturated heterocycles. The number of rotatable bonds is 7. The second kappa shape index (κ2) is 11.3. The van der Waals surface area contributed by atoms with Gasteiger partial charge in [-0.25, -0.2) is 0 Å². The lowest BCUT2D eigenvalue weighted by atomic mass is 10.1. The van der Waals surface area contributed by atoms with Crippen LogP contribution in [0.5, 0.6) is 0 Å². The first-order valence-electron chi connectivity index (χ1n) is 11.5. The normalized spacial score (nSPS) is 18.0. The number of quaternary nitrogens is 1. The molecule has 0 atom stereocenters. The summed E-state index contributed by atoms with van der Waals surface area (Å²) in [4.78, 5) is 29.9. The number of nitrogens with one attached hydrogen (secondary N) is 2. The molecule has 2 N–H and O–H groups in total. The van der Waals surface area contributed by atoms with Gasteiger partial charge in [0.25, 0.3) is 5.91 Å². The summed E-state index contributed by atoms with van der Waals surface area (Å²) in [5.41, 5.74) is 0.365. The van der Waals surface area contributed by atoms with Gasteiger partial charge in [0.05, 0.1) is 35.9 Å². The van der Waals surface area contributed by atoms with Crippen molar-refractivity contribution in [3.8, 4) is 0 Å². The number of amides is 2. The van der Waals surface area contributed by atoms with Crippen molar-refractivity contribution in [1.29, 1.82) is 0 Å². The van der Waals surface area contributed by atoms with Crippen LogP contribution in [0, 0.1) is 0 Å². The largest absolute Gasteiger partial charge is 0.416 e. The van der Waals surface area contributed by atoms with E-state index in [1.54, 1.807) is 18.2 Å². The molecule has 2 heterocycles. The molecule has 0 aliphatic carbocycles. The number of halogens is 3. The highest BCUT2D eigenvalue weighted by Gasteiger charge is 2.31. The van der Waals surface area contributed by atoms with Gasteiger partial charge in [0.2, 0.25) is 5.91 Å². The van der Waals surface area contributed by atoms with Gasteiger partial charge in [0.1, 0.15) is 19.6 Å². The minimum absolute atomic E-state index is 0.134. The molecular formula is C25H27F3N3O3S+. The molecule has 186 valence electrons. The molecule has 6 nitrogen and oxygen atoms in total. The maximum absolute atomic E-state index is 13.3. The van der Waals surface area contributed by atoms with Gasteiger partial charge in [0.15, 0.2) is 0 Å². The summed E-state index contributed by atoms with van der Waals surface area (Å²) in [5, 5.41) is 2.90. The summed E-state index contributed by atoms with van der Waals surface area (Å²) in [6.07, 6.45) is -2.03. The summed E-state index contributed by atoms with van der Waals surface area (Å²) < 4.78 is 43.9. The number of ether oxygens (including phenoxy) is 1. The third-order valence-corrected chi connectivity index (χ3v) is 6.98. The summed E-state index contributed by atoms with van der Waals surface area (Å²) in [7, 11) is 0. The topological polar surface area (TPSA) is 63.1 Å². The van der Waals surface area contributed by atoms with Crippen molar-refractivity contribution in [2.45, 2.75) is 17.5 Å². The van der Waals surface area contributed by atoms with Gasteiger partial charge in [-0.3, -0.25) is 14.5 Å². The van der Waals surface area contributed by atoms with Crippen LogP contribution in [0.2, 0.25) is 0 Å². The van der Waals surface area contributed by atoms with Crippen LogP contribution in [0.4, 0.5) is 18.9 Å². The van der Waals surface area contributed by atoms with Crippen LogP contribution in [0.3, 0.4) is 0 Å². The van der Waals surface area contributed by atoms with Crippen molar-refractivity contribution in [3.63, 3.8) is 0 Å². The Hall–Kier alpha value is -2.82. The van der Waals surface area contributed by atoms with E-state index in [9.17, 15) is 22.8 Å². The molecule has 2 aliphatic rings. The number of hydrogen-bond donors (Lipinski definition) is 2. The number of hydrogen-bond acceptors (Lipinski definition) is 4. The van der Waals surface area contributed by atoms with E-state index in [4.69, 9.17) is 4.74 Å². The van der Waals surface area contributed by atoms with E-state index in [2.05, 4.69) is 5.32 Å². The molecule has 0 unspecified atom stereocenters. The molecule has 2 amide bonds. The Balaban J connectivity index is 1.42. The molecule has 10 heteroatoms. The maximum atomic E-state index is 13.3. The molecule has 0 bridgehead atoms. The number of morpholine rings is 1. The number of carbonyl (C=O) groups excluding carboxylic acids is 2. The van der Waals surface area contributed by atoms with Crippen LogP contribution >= 0.6 is 11.8 Å². The summed E-state index contributed by atoms with van der Waals surface area (Å²) in [5.74, 6) is -0.618. The predicted molar refractivity (Wildman–Crippen MR) is 128 cm³/mol. The lowest BCUT2D eigenvalue weighted by molar-refractivity contribution is -0.908. The van der Waals surface area contributed by atoms with Gasteiger partial charge in [-0.05, 0) is 35.9 Å². The number of carbonyl (C=O) groups is 2. The van der Waals surface area contributed by atoms with Crippen LogP contribution in [0.15, 0.2) is 58.3 Å². The number of nitrogens with zero attached hydrogens (tertiary/aromatic N) is 1. The molecule has 0 saturated carbocycles. The van der Waals surface area contributed by atoms with Gasteiger partial charge in [-0.15, -0.1) is 0 Å². The standard InChI is InChI=1S/C25H26F3N3O3S/c26-25(27,28)19-8-6-18(7-9-19)16-22-24(33)31(20-4-1-2-5-21(20)35-22)17-23(32)29-10-3-11-30-12-14-34-15-13-30/h1-2,4-9,16H,3,10-15,17H2,(H,29,32)/p+1. The first-order chi connectivity index (χ1) is 16.8. The second-order valence-electron chi connectivity index (χ2n) is 8.41. The lowest BCUT2D eigenvalue weighted by Crippen LogP contribution is -3.14. The van der Waals surface area contributed by atoms with E-state index >= 15 is 0 Å². The van der Waals surface area contributed by atoms with Crippen molar-refractivity contribution >= 4 is 35.3 Å². The third-order valence-electron chi connectivity index (χ3n) is 5.90. The van der Waals surface area contributed by atoms with Gasteiger partial charge >= 0.3 is 6.18 Å². The molecule has 2 aromatic carbocycles. The van der Waals surface area contributed by atoms with Gasteiger partial charge in [-0.1, -0.05) is 36.0 Å². The monoisotopic (exact) mass is 506 g/mol. The highest BCUT2D eigenvalue weighted by Crippen LogP contribution is 2.42. The van der Waals surface area contributed by atoms with Gasteiger partial charge in [0, 0.05) is 17.9 Å². The smallest absolute Gasteiger partial charge is 0.370 e. The van der Waals surface area contributed by atoms with Crippen LogP contribution < -0.4 is 15.1 Å². The van der Waals surface area contributed by atoms with Gasteiger partial charge < -0.3 is 15.0 Å². The van der Waals surface area contributed by atoms with E-state index in [1.165, 1.54) is 33.7 Å². The fourth-order valence-corrected chi connectivity index (χ4v) is 5.07. The zero-order valence-electron chi connectivity index (χ0n) is 19.1. The number of fused-ring (bicyclic) bond motifs is 1. The van der Waals surface area contributed by atoms with Crippen molar-refractivity contribution in [1.82, 2.24) is 5.32 Å². The number of benzene rings is 2. The molecule has 2 aromatic rings. The number of alkyl halides is 3. The number of para-hydroxylation sites is 1. The minimum atomic E-state index is -4.42.